The molecule has 0 amide bonds. The van der Waals surface area contributed by atoms with E-state index in [1.807, 2.05) is 48.5 Å². The number of hydrogen-bond acceptors (Lipinski definition) is 6. The molecular weight excluding hydrogens is 432 g/mol. The summed E-state index contributed by atoms with van der Waals surface area (Å²) in [6, 6.07) is 18.3. The minimum atomic E-state index is -0.547. The first kappa shape index (κ1) is 21.5. The third-order valence-corrected chi connectivity index (χ3v) is 5.33. The van der Waals surface area contributed by atoms with Gasteiger partial charge in [0.2, 0.25) is 5.76 Å². The Morgan fingerprint density at radius 1 is 0.938 bits per heavy atom. The molecule has 0 unspecified atom stereocenters. The van der Waals surface area contributed by atoms with Crippen LogP contribution in [0.2, 0.25) is 5.02 Å². The summed E-state index contributed by atoms with van der Waals surface area (Å²) >= 11 is 6.90. The monoisotopic (exact) mass is 452 g/mol. The van der Waals surface area contributed by atoms with Crippen molar-refractivity contribution in [3.63, 3.8) is 0 Å². The van der Waals surface area contributed by atoms with Crippen molar-refractivity contribution in [2.75, 3.05) is 21.3 Å². The first-order valence-corrected chi connectivity index (χ1v) is 10.1. The zero-order valence-electron chi connectivity index (χ0n) is 17.8. The van der Waals surface area contributed by atoms with Gasteiger partial charge >= 0.3 is 5.97 Å². The van der Waals surface area contributed by atoms with Gasteiger partial charge in [0.25, 0.3) is 0 Å². The van der Waals surface area contributed by atoms with Gasteiger partial charge in [-0.2, -0.15) is 5.10 Å². The quantitative estimate of drug-likeness (QED) is 0.353. The van der Waals surface area contributed by atoms with E-state index in [2.05, 4.69) is 0 Å². The summed E-state index contributed by atoms with van der Waals surface area (Å²) in [7, 11) is 4.50. The maximum Gasteiger partial charge on any atom is 0.373 e. The number of furan rings is 1. The molecule has 164 valence electrons. The number of para-hydroxylation sites is 2. The number of carbonyl (C=O) groups excluding carboxylic acids is 1. The fourth-order valence-corrected chi connectivity index (χ4v) is 3.82. The summed E-state index contributed by atoms with van der Waals surface area (Å²) in [4.78, 5) is 11.8. The number of rotatable bonds is 7. The number of halogens is 1. The van der Waals surface area contributed by atoms with Crippen molar-refractivity contribution >= 4 is 17.6 Å². The van der Waals surface area contributed by atoms with Gasteiger partial charge in [-0.3, -0.25) is 4.68 Å². The van der Waals surface area contributed by atoms with Gasteiger partial charge in [0.1, 0.15) is 23.0 Å². The lowest BCUT2D eigenvalue weighted by atomic mass is 10.1. The van der Waals surface area contributed by atoms with Crippen LogP contribution in [0.4, 0.5) is 0 Å². The molecule has 8 heteroatoms. The van der Waals surface area contributed by atoms with Gasteiger partial charge in [0.05, 0.1) is 38.6 Å². The maximum absolute atomic E-state index is 11.8. The highest BCUT2D eigenvalue weighted by atomic mass is 35.5. The first-order valence-electron chi connectivity index (χ1n) is 9.77. The Kier molecular flexibility index (Phi) is 6.18. The maximum atomic E-state index is 11.8. The van der Waals surface area contributed by atoms with Crippen LogP contribution in [0.1, 0.15) is 16.3 Å². The Bertz CT molecular complexity index is 1260. The van der Waals surface area contributed by atoms with Crippen molar-refractivity contribution in [1.29, 1.82) is 0 Å². The lowest BCUT2D eigenvalue weighted by Crippen LogP contribution is -2.04. The Hall–Kier alpha value is -3.71. The molecule has 0 aliphatic rings. The smallest absolute Gasteiger partial charge is 0.373 e. The molecule has 2 aromatic heterocycles. The van der Waals surface area contributed by atoms with Crippen molar-refractivity contribution in [2.24, 2.45) is 0 Å². The van der Waals surface area contributed by atoms with Crippen molar-refractivity contribution in [3.8, 4) is 34.0 Å². The summed E-state index contributed by atoms with van der Waals surface area (Å²) in [6.07, 6.45) is 0. The zero-order chi connectivity index (χ0) is 22.7. The van der Waals surface area contributed by atoms with Gasteiger partial charge in [0, 0.05) is 11.1 Å². The number of esters is 1. The summed E-state index contributed by atoms with van der Waals surface area (Å²) in [5.74, 6) is 1.39. The van der Waals surface area contributed by atoms with E-state index >= 15 is 0 Å². The lowest BCUT2D eigenvalue weighted by Gasteiger charge is -2.11. The zero-order valence-corrected chi connectivity index (χ0v) is 18.6. The molecule has 4 aromatic rings. The highest BCUT2D eigenvalue weighted by Gasteiger charge is 2.24. The van der Waals surface area contributed by atoms with E-state index in [-0.39, 0.29) is 12.3 Å². The summed E-state index contributed by atoms with van der Waals surface area (Å²) < 4.78 is 23.2. The number of aromatic nitrogens is 2. The van der Waals surface area contributed by atoms with Gasteiger partial charge < -0.3 is 18.6 Å². The molecule has 0 aliphatic carbocycles. The molecule has 2 aromatic carbocycles. The van der Waals surface area contributed by atoms with E-state index in [9.17, 15) is 4.79 Å². The Morgan fingerprint density at radius 2 is 1.56 bits per heavy atom. The van der Waals surface area contributed by atoms with Gasteiger partial charge in [0.15, 0.2) is 0 Å². The molecule has 0 fully saturated rings. The lowest BCUT2D eigenvalue weighted by molar-refractivity contribution is 0.0563. The van der Waals surface area contributed by atoms with Crippen molar-refractivity contribution in [1.82, 2.24) is 9.78 Å². The third-order valence-electron chi connectivity index (χ3n) is 4.97. The largest absolute Gasteiger partial charge is 0.496 e. The SMILES string of the molecule is COC(=O)c1ccc(Cn2nc(-c3ccccc3OC)c(Cl)c2-c2ccccc2OC)o1. The van der Waals surface area contributed by atoms with E-state index in [0.717, 1.165) is 11.1 Å². The molecular formula is C24H21ClN2O5. The second kappa shape index (κ2) is 9.20. The van der Waals surface area contributed by atoms with E-state index < -0.39 is 5.97 Å². The van der Waals surface area contributed by atoms with E-state index in [1.165, 1.54) is 7.11 Å². The Labute approximate surface area is 190 Å². The first-order chi connectivity index (χ1) is 15.6. The Morgan fingerprint density at radius 3 is 2.22 bits per heavy atom. The standard InChI is InChI=1S/C24H21ClN2O5/c1-29-18-10-6-4-8-16(18)22-21(25)23(17-9-5-7-11-19(17)30-2)27(26-22)14-15-12-13-20(32-15)24(28)31-3/h4-13H,14H2,1-3H3. The predicted molar refractivity (Wildman–Crippen MR) is 120 cm³/mol. The number of carbonyl (C=O) groups is 1. The Balaban J connectivity index is 1.88. The molecule has 0 radical (unpaired) electrons. The van der Waals surface area contributed by atoms with Gasteiger partial charge in [-0.05, 0) is 36.4 Å². The fourth-order valence-electron chi connectivity index (χ4n) is 3.49. The fraction of sp³-hybridized carbons (Fsp3) is 0.167. The minimum Gasteiger partial charge on any atom is -0.496 e. The van der Waals surface area contributed by atoms with Crippen LogP contribution in [0, 0.1) is 0 Å². The number of ether oxygens (including phenoxy) is 3. The minimum absolute atomic E-state index is 0.115. The van der Waals surface area contributed by atoms with Crippen LogP contribution >= 0.6 is 11.6 Å². The topological polar surface area (TPSA) is 75.7 Å². The van der Waals surface area contributed by atoms with Crippen LogP contribution in [0.15, 0.2) is 65.1 Å². The molecule has 4 rings (SSSR count). The van der Waals surface area contributed by atoms with Crippen LogP contribution in [0.3, 0.4) is 0 Å². The van der Waals surface area contributed by atoms with Crippen LogP contribution < -0.4 is 9.47 Å². The second-order valence-electron chi connectivity index (χ2n) is 6.83. The molecule has 32 heavy (non-hydrogen) atoms. The van der Waals surface area contributed by atoms with Crippen molar-refractivity contribution < 1.29 is 23.4 Å². The van der Waals surface area contributed by atoms with Crippen LogP contribution in [0.25, 0.3) is 22.5 Å². The summed E-state index contributed by atoms with van der Waals surface area (Å²) in [5.41, 5.74) is 2.74. The number of benzene rings is 2. The molecule has 0 saturated carbocycles. The number of hydrogen-bond donors (Lipinski definition) is 0. The average Bonchev–Trinajstić information content (AvgIpc) is 3.43. The molecule has 2 heterocycles. The molecule has 7 nitrogen and oxygen atoms in total. The van der Waals surface area contributed by atoms with Crippen molar-refractivity contribution in [3.05, 3.63) is 77.2 Å². The molecule has 0 bridgehead atoms. The number of nitrogens with zero attached hydrogens (tertiary/aromatic N) is 2. The highest BCUT2D eigenvalue weighted by molar-refractivity contribution is 6.35. The van der Waals surface area contributed by atoms with Crippen molar-refractivity contribution in [2.45, 2.75) is 6.54 Å². The number of methoxy groups -OCH3 is 3. The van der Waals surface area contributed by atoms with Crippen LogP contribution in [-0.2, 0) is 11.3 Å². The average molecular weight is 453 g/mol. The summed E-state index contributed by atoms with van der Waals surface area (Å²) in [6.45, 7) is 0.235. The normalized spacial score (nSPS) is 10.8. The van der Waals surface area contributed by atoms with E-state index in [0.29, 0.717) is 33.7 Å². The molecule has 0 spiro atoms. The third kappa shape index (κ3) is 3.94. The van der Waals surface area contributed by atoms with Crippen LogP contribution in [0.5, 0.6) is 11.5 Å². The molecule has 0 saturated heterocycles. The molecule has 0 aliphatic heterocycles. The van der Waals surface area contributed by atoms with Gasteiger partial charge in [-0.25, -0.2) is 4.79 Å². The van der Waals surface area contributed by atoms with E-state index in [1.54, 1.807) is 31.0 Å². The van der Waals surface area contributed by atoms with Gasteiger partial charge in [-0.15, -0.1) is 0 Å². The highest BCUT2D eigenvalue weighted by Crippen LogP contribution is 2.42. The predicted octanol–water partition coefficient (Wildman–Crippen LogP) is 5.32. The second-order valence-corrected chi connectivity index (χ2v) is 7.20. The molecule has 0 atom stereocenters. The van der Waals surface area contributed by atoms with Gasteiger partial charge in [-0.1, -0.05) is 35.9 Å². The van der Waals surface area contributed by atoms with E-state index in [4.69, 9.17) is 35.3 Å². The molecule has 0 N–H and O–H groups in total. The summed E-state index contributed by atoms with van der Waals surface area (Å²) in [5, 5.41) is 5.23. The van der Waals surface area contributed by atoms with Crippen LogP contribution in [-0.4, -0.2) is 37.1 Å².